The summed E-state index contributed by atoms with van der Waals surface area (Å²) in [5.41, 5.74) is 5.38. The molecule has 4 heteroatoms. The number of allylic oxidation sites excluding steroid dienone is 2. The quantitative estimate of drug-likeness (QED) is 0.682. The first-order chi connectivity index (χ1) is 14.2. The minimum atomic E-state index is -0.270. The van der Waals surface area contributed by atoms with Gasteiger partial charge >= 0.3 is 0 Å². The number of amides is 1. The molecule has 0 radical (unpaired) electrons. The van der Waals surface area contributed by atoms with Crippen LogP contribution in [-0.2, 0) is 9.59 Å². The smallest absolute Gasteiger partial charge is 0.232 e. The van der Waals surface area contributed by atoms with Crippen molar-refractivity contribution in [2.75, 3.05) is 12.0 Å². The van der Waals surface area contributed by atoms with Crippen LogP contribution in [0.2, 0.25) is 0 Å². The number of rotatable bonds is 3. The SMILES string of the molecule is COc1ccccc1C1CC(=O)N(c2cc(C)ccc2C)C2=C1C(=O)CC(C)(C)C2. The van der Waals surface area contributed by atoms with Crippen molar-refractivity contribution in [3.8, 4) is 5.75 Å². The largest absolute Gasteiger partial charge is 0.496 e. The number of para-hydroxylation sites is 1. The lowest BCUT2D eigenvalue weighted by atomic mass is 9.69. The van der Waals surface area contributed by atoms with E-state index in [2.05, 4.69) is 19.9 Å². The Balaban J connectivity index is 1.95. The van der Waals surface area contributed by atoms with Crippen LogP contribution < -0.4 is 9.64 Å². The van der Waals surface area contributed by atoms with E-state index in [0.717, 1.165) is 39.4 Å². The fourth-order valence-electron chi connectivity index (χ4n) is 4.88. The fraction of sp³-hybridized carbons (Fsp3) is 0.385. The Morgan fingerprint density at radius 1 is 1.03 bits per heavy atom. The third kappa shape index (κ3) is 3.45. The molecule has 4 nitrogen and oxygen atoms in total. The molecule has 1 aliphatic carbocycles. The van der Waals surface area contributed by atoms with E-state index in [4.69, 9.17) is 4.74 Å². The summed E-state index contributed by atoms with van der Waals surface area (Å²) < 4.78 is 5.58. The van der Waals surface area contributed by atoms with Crippen molar-refractivity contribution in [1.82, 2.24) is 0 Å². The van der Waals surface area contributed by atoms with Gasteiger partial charge in [0.25, 0.3) is 0 Å². The molecule has 0 saturated heterocycles. The molecule has 0 aromatic heterocycles. The van der Waals surface area contributed by atoms with E-state index in [1.165, 1.54) is 0 Å². The fourth-order valence-corrected chi connectivity index (χ4v) is 4.88. The zero-order valence-electron chi connectivity index (χ0n) is 18.4. The highest BCUT2D eigenvalue weighted by Gasteiger charge is 2.45. The second-order valence-electron chi connectivity index (χ2n) is 9.32. The van der Waals surface area contributed by atoms with Crippen LogP contribution in [0.5, 0.6) is 5.75 Å². The Hall–Kier alpha value is -2.88. The van der Waals surface area contributed by atoms with Gasteiger partial charge in [0.05, 0.1) is 12.8 Å². The molecule has 30 heavy (non-hydrogen) atoms. The van der Waals surface area contributed by atoms with Crippen molar-refractivity contribution in [3.05, 3.63) is 70.4 Å². The van der Waals surface area contributed by atoms with E-state index in [9.17, 15) is 9.59 Å². The highest BCUT2D eigenvalue weighted by atomic mass is 16.5. The van der Waals surface area contributed by atoms with Gasteiger partial charge < -0.3 is 4.74 Å². The second-order valence-corrected chi connectivity index (χ2v) is 9.32. The van der Waals surface area contributed by atoms with Crippen LogP contribution in [0.15, 0.2) is 53.7 Å². The predicted octanol–water partition coefficient (Wildman–Crippen LogP) is 5.48. The number of anilines is 1. The molecule has 0 bridgehead atoms. The van der Waals surface area contributed by atoms with E-state index < -0.39 is 0 Å². The van der Waals surface area contributed by atoms with E-state index in [0.29, 0.717) is 12.8 Å². The zero-order chi connectivity index (χ0) is 21.6. The topological polar surface area (TPSA) is 46.6 Å². The first-order valence-electron chi connectivity index (χ1n) is 10.5. The maximum Gasteiger partial charge on any atom is 0.232 e. The lowest BCUT2D eigenvalue weighted by Crippen LogP contribution is -2.44. The Morgan fingerprint density at radius 3 is 2.50 bits per heavy atom. The van der Waals surface area contributed by atoms with Crippen molar-refractivity contribution in [1.29, 1.82) is 0 Å². The number of aryl methyl sites for hydroxylation is 2. The van der Waals surface area contributed by atoms with Gasteiger partial charge in [-0.15, -0.1) is 0 Å². The number of Topliss-reactive ketones (excluding diaryl/α,β-unsaturated/α-hetero) is 1. The van der Waals surface area contributed by atoms with Gasteiger partial charge in [-0.05, 0) is 48.9 Å². The van der Waals surface area contributed by atoms with Crippen LogP contribution in [0.3, 0.4) is 0 Å². The minimum absolute atomic E-state index is 0.0313. The monoisotopic (exact) mass is 403 g/mol. The maximum atomic E-state index is 13.6. The number of methoxy groups -OCH3 is 1. The molecule has 0 N–H and O–H groups in total. The summed E-state index contributed by atoms with van der Waals surface area (Å²) in [5.74, 6) is 0.623. The number of hydrogen-bond donors (Lipinski definition) is 0. The number of ketones is 1. The molecule has 0 saturated carbocycles. The molecular formula is C26H29NO3. The first-order valence-corrected chi connectivity index (χ1v) is 10.5. The maximum absolute atomic E-state index is 13.6. The number of carbonyl (C=O) groups excluding carboxylic acids is 2. The normalized spacial score (nSPS) is 21.0. The Bertz CT molecular complexity index is 1060. The average molecular weight is 404 g/mol. The molecule has 0 spiro atoms. The molecule has 1 unspecified atom stereocenters. The van der Waals surface area contributed by atoms with E-state index >= 15 is 0 Å². The van der Waals surface area contributed by atoms with Crippen molar-refractivity contribution in [2.45, 2.75) is 52.9 Å². The minimum Gasteiger partial charge on any atom is -0.496 e. The van der Waals surface area contributed by atoms with Crippen LogP contribution in [0.4, 0.5) is 5.69 Å². The summed E-state index contributed by atoms with van der Waals surface area (Å²) >= 11 is 0. The summed E-state index contributed by atoms with van der Waals surface area (Å²) in [4.78, 5) is 28.8. The Morgan fingerprint density at radius 2 is 1.77 bits per heavy atom. The summed E-state index contributed by atoms with van der Waals surface area (Å²) in [5, 5.41) is 0. The van der Waals surface area contributed by atoms with Crippen LogP contribution in [0, 0.1) is 19.3 Å². The van der Waals surface area contributed by atoms with Gasteiger partial charge in [0.1, 0.15) is 5.75 Å². The van der Waals surface area contributed by atoms with Gasteiger partial charge in [-0.3, -0.25) is 14.5 Å². The average Bonchev–Trinajstić information content (AvgIpc) is 2.68. The predicted molar refractivity (Wildman–Crippen MR) is 119 cm³/mol. The number of nitrogens with zero attached hydrogens (tertiary/aromatic N) is 1. The molecular weight excluding hydrogens is 374 g/mol. The van der Waals surface area contributed by atoms with Gasteiger partial charge in [-0.2, -0.15) is 0 Å². The highest BCUT2D eigenvalue weighted by molar-refractivity contribution is 6.08. The first kappa shape index (κ1) is 20.4. The third-order valence-electron chi connectivity index (χ3n) is 6.26. The molecule has 4 rings (SSSR count). The Labute approximate surface area is 178 Å². The standard InChI is InChI=1S/C26H29NO3/c1-16-10-11-17(2)20(12-16)27-21-14-26(3,4)15-22(28)25(21)19(13-24(27)29)18-8-6-7-9-23(18)30-5/h6-12,19H,13-15H2,1-5H3. The highest BCUT2D eigenvalue weighted by Crippen LogP contribution is 2.49. The summed E-state index contributed by atoms with van der Waals surface area (Å²) in [6.45, 7) is 8.25. The molecule has 2 aromatic carbocycles. The molecule has 2 aliphatic rings. The molecule has 1 amide bonds. The van der Waals surface area contributed by atoms with Crippen molar-refractivity contribution in [3.63, 3.8) is 0 Å². The summed E-state index contributed by atoms with van der Waals surface area (Å²) in [7, 11) is 1.63. The van der Waals surface area contributed by atoms with Gasteiger partial charge in [0.2, 0.25) is 5.91 Å². The van der Waals surface area contributed by atoms with E-state index in [1.807, 2.05) is 55.1 Å². The molecule has 2 aromatic rings. The summed E-state index contributed by atoms with van der Waals surface area (Å²) in [6, 6.07) is 13.9. The molecule has 1 aliphatic heterocycles. The second kappa shape index (κ2) is 7.42. The lowest BCUT2D eigenvalue weighted by molar-refractivity contribution is -0.121. The summed E-state index contributed by atoms with van der Waals surface area (Å²) in [6.07, 6.45) is 1.45. The van der Waals surface area contributed by atoms with Crippen LogP contribution in [-0.4, -0.2) is 18.8 Å². The third-order valence-corrected chi connectivity index (χ3v) is 6.26. The van der Waals surface area contributed by atoms with Crippen LogP contribution in [0.1, 0.15) is 55.7 Å². The van der Waals surface area contributed by atoms with E-state index in [1.54, 1.807) is 7.11 Å². The van der Waals surface area contributed by atoms with Crippen LogP contribution in [0.25, 0.3) is 0 Å². The van der Waals surface area contributed by atoms with Gasteiger partial charge in [0, 0.05) is 35.6 Å². The van der Waals surface area contributed by atoms with Gasteiger partial charge in [-0.1, -0.05) is 44.2 Å². The van der Waals surface area contributed by atoms with Gasteiger partial charge in [0.15, 0.2) is 5.78 Å². The zero-order valence-corrected chi connectivity index (χ0v) is 18.4. The molecule has 0 fully saturated rings. The van der Waals surface area contributed by atoms with E-state index in [-0.39, 0.29) is 29.4 Å². The molecule has 1 heterocycles. The Kier molecular flexibility index (Phi) is 5.05. The number of benzene rings is 2. The number of carbonyl (C=O) groups is 2. The lowest BCUT2D eigenvalue weighted by Gasteiger charge is -2.43. The van der Waals surface area contributed by atoms with Gasteiger partial charge in [-0.25, -0.2) is 0 Å². The number of hydrogen-bond acceptors (Lipinski definition) is 3. The number of ether oxygens (including phenoxy) is 1. The van der Waals surface area contributed by atoms with Crippen LogP contribution >= 0.6 is 0 Å². The van der Waals surface area contributed by atoms with Crippen molar-refractivity contribution in [2.24, 2.45) is 5.41 Å². The van der Waals surface area contributed by atoms with Crippen molar-refractivity contribution >= 4 is 17.4 Å². The van der Waals surface area contributed by atoms with Crippen molar-refractivity contribution < 1.29 is 14.3 Å². The molecule has 1 atom stereocenters. The molecule has 156 valence electrons.